The van der Waals surface area contributed by atoms with Gasteiger partial charge in [-0.3, -0.25) is 4.79 Å². The van der Waals surface area contributed by atoms with Gasteiger partial charge in [-0.25, -0.2) is 0 Å². The smallest absolute Gasteiger partial charge is 0.309 e. The molecule has 4 heteroatoms. The maximum absolute atomic E-state index is 11.9. The monoisotopic (exact) mass is 238 g/mol. The highest BCUT2D eigenvalue weighted by molar-refractivity contribution is 4.75. The van der Waals surface area contributed by atoms with E-state index in [-0.39, 0.29) is 11.1 Å². The van der Waals surface area contributed by atoms with Crippen LogP contribution in [0, 0.1) is 0 Å². The normalized spacial score (nSPS) is 12.1. The van der Waals surface area contributed by atoms with E-state index in [0.29, 0.717) is 0 Å². The Morgan fingerprint density at radius 3 is 2.47 bits per heavy atom. The minimum Gasteiger partial charge on any atom is -0.309 e. The van der Waals surface area contributed by atoms with Gasteiger partial charge >= 0.3 is 5.56 Å². The SMILES string of the molecule is CN(C)CCCn1cc[n+](C(C)(C)C)cc1=O. The predicted molar refractivity (Wildman–Crippen MR) is 69.1 cm³/mol. The van der Waals surface area contributed by atoms with E-state index in [1.807, 2.05) is 31.1 Å². The van der Waals surface area contributed by atoms with Crippen LogP contribution >= 0.6 is 0 Å². The molecule has 0 atom stereocenters. The quantitative estimate of drug-likeness (QED) is 0.728. The molecule has 96 valence electrons. The average molecular weight is 238 g/mol. The second kappa shape index (κ2) is 5.45. The fraction of sp³-hybridized carbons (Fsp3) is 0.692. The van der Waals surface area contributed by atoms with Crippen molar-refractivity contribution >= 4 is 0 Å². The lowest BCUT2D eigenvalue weighted by Gasteiger charge is -2.14. The van der Waals surface area contributed by atoms with Crippen LogP contribution in [0.3, 0.4) is 0 Å². The third-order valence-corrected chi connectivity index (χ3v) is 2.72. The molecule has 4 nitrogen and oxygen atoms in total. The van der Waals surface area contributed by atoms with E-state index in [0.717, 1.165) is 19.5 Å². The molecule has 0 spiro atoms. The summed E-state index contributed by atoms with van der Waals surface area (Å²) in [6.45, 7) is 8.04. The number of rotatable bonds is 4. The van der Waals surface area contributed by atoms with Crippen molar-refractivity contribution in [3.8, 4) is 0 Å². The Kier molecular flexibility index (Phi) is 4.46. The summed E-state index contributed by atoms with van der Waals surface area (Å²) in [4.78, 5) is 14.0. The first-order chi connectivity index (χ1) is 7.80. The van der Waals surface area contributed by atoms with E-state index < -0.39 is 0 Å². The molecular formula is C13H24N3O+. The molecule has 0 unspecified atom stereocenters. The Balaban J connectivity index is 2.74. The molecule has 1 aromatic rings. The third kappa shape index (κ3) is 4.30. The lowest BCUT2D eigenvalue weighted by molar-refractivity contribution is -0.755. The van der Waals surface area contributed by atoms with Gasteiger partial charge < -0.3 is 9.47 Å². The molecule has 0 aromatic carbocycles. The topological polar surface area (TPSA) is 29.1 Å². The van der Waals surface area contributed by atoms with Crippen molar-refractivity contribution in [1.29, 1.82) is 0 Å². The molecule has 1 rings (SSSR count). The van der Waals surface area contributed by atoms with Crippen LogP contribution in [0.4, 0.5) is 0 Å². The fourth-order valence-electron chi connectivity index (χ4n) is 1.62. The minimum absolute atomic E-state index is 0.0398. The maximum atomic E-state index is 11.9. The molecule has 0 aliphatic rings. The van der Waals surface area contributed by atoms with Crippen LogP contribution in [-0.2, 0) is 12.1 Å². The Morgan fingerprint density at radius 2 is 2.00 bits per heavy atom. The number of nitrogens with zero attached hydrogens (tertiary/aromatic N) is 3. The third-order valence-electron chi connectivity index (χ3n) is 2.72. The van der Waals surface area contributed by atoms with E-state index in [1.165, 1.54) is 0 Å². The molecule has 0 radical (unpaired) electrons. The Bertz CT molecular complexity index is 415. The van der Waals surface area contributed by atoms with Crippen LogP contribution in [0.15, 0.2) is 23.4 Å². The van der Waals surface area contributed by atoms with E-state index in [2.05, 4.69) is 25.7 Å². The minimum atomic E-state index is -0.0398. The lowest BCUT2D eigenvalue weighted by Crippen LogP contribution is -2.52. The summed E-state index contributed by atoms with van der Waals surface area (Å²) in [7, 11) is 4.09. The van der Waals surface area contributed by atoms with Gasteiger partial charge in [-0.1, -0.05) is 0 Å². The number of aryl methyl sites for hydroxylation is 1. The van der Waals surface area contributed by atoms with Crippen molar-refractivity contribution in [1.82, 2.24) is 9.47 Å². The van der Waals surface area contributed by atoms with Crippen molar-refractivity contribution in [3.05, 3.63) is 28.9 Å². The lowest BCUT2D eigenvalue weighted by atomic mass is 10.1. The van der Waals surface area contributed by atoms with E-state index in [1.54, 1.807) is 10.8 Å². The molecule has 0 bridgehead atoms. The zero-order valence-corrected chi connectivity index (χ0v) is 11.6. The van der Waals surface area contributed by atoms with Crippen LogP contribution in [0.25, 0.3) is 0 Å². The van der Waals surface area contributed by atoms with Gasteiger partial charge in [0, 0.05) is 27.3 Å². The highest BCUT2D eigenvalue weighted by Crippen LogP contribution is 2.01. The number of hydrogen-bond donors (Lipinski definition) is 0. The van der Waals surface area contributed by atoms with Gasteiger partial charge in [0.15, 0.2) is 11.7 Å². The Hall–Kier alpha value is -1.16. The van der Waals surface area contributed by atoms with Crippen LogP contribution in [0.2, 0.25) is 0 Å². The van der Waals surface area contributed by atoms with Gasteiger partial charge in [0.1, 0.15) is 0 Å². The number of hydrogen-bond acceptors (Lipinski definition) is 2. The van der Waals surface area contributed by atoms with Crippen molar-refractivity contribution in [2.75, 3.05) is 20.6 Å². The second-order valence-corrected chi connectivity index (χ2v) is 5.69. The van der Waals surface area contributed by atoms with E-state index in [4.69, 9.17) is 0 Å². The zero-order valence-electron chi connectivity index (χ0n) is 11.6. The highest BCUT2D eigenvalue weighted by Gasteiger charge is 2.21. The summed E-state index contributed by atoms with van der Waals surface area (Å²) in [6, 6.07) is 0. The summed E-state index contributed by atoms with van der Waals surface area (Å²) in [5.41, 5.74) is 0.0307. The highest BCUT2D eigenvalue weighted by atomic mass is 16.1. The van der Waals surface area contributed by atoms with E-state index in [9.17, 15) is 4.79 Å². The van der Waals surface area contributed by atoms with Crippen molar-refractivity contribution in [2.24, 2.45) is 0 Å². The first kappa shape index (κ1) is 13.9. The van der Waals surface area contributed by atoms with Crippen LogP contribution in [0.1, 0.15) is 27.2 Å². The molecule has 1 heterocycles. The molecule has 17 heavy (non-hydrogen) atoms. The molecule has 0 N–H and O–H groups in total. The second-order valence-electron chi connectivity index (χ2n) is 5.69. The summed E-state index contributed by atoms with van der Waals surface area (Å²) >= 11 is 0. The fourth-order valence-corrected chi connectivity index (χ4v) is 1.62. The van der Waals surface area contributed by atoms with Gasteiger partial charge in [-0.2, -0.15) is 4.57 Å². The molecular weight excluding hydrogens is 214 g/mol. The Labute approximate surface area is 103 Å². The first-order valence-corrected chi connectivity index (χ1v) is 6.07. The van der Waals surface area contributed by atoms with Crippen molar-refractivity contribution in [2.45, 2.75) is 39.3 Å². The summed E-state index contributed by atoms with van der Waals surface area (Å²) in [5, 5.41) is 0. The first-order valence-electron chi connectivity index (χ1n) is 6.07. The Morgan fingerprint density at radius 1 is 1.35 bits per heavy atom. The summed E-state index contributed by atoms with van der Waals surface area (Å²) < 4.78 is 3.73. The van der Waals surface area contributed by atoms with Gasteiger partial charge in [-0.15, -0.1) is 0 Å². The van der Waals surface area contributed by atoms with Gasteiger partial charge in [-0.05, 0) is 27.1 Å². The van der Waals surface area contributed by atoms with E-state index >= 15 is 0 Å². The van der Waals surface area contributed by atoms with Crippen LogP contribution in [0.5, 0.6) is 0 Å². The van der Waals surface area contributed by atoms with Gasteiger partial charge in [0.25, 0.3) is 0 Å². The average Bonchev–Trinajstić information content (AvgIpc) is 2.18. The largest absolute Gasteiger partial charge is 0.314 e. The number of aromatic nitrogens is 2. The van der Waals surface area contributed by atoms with Crippen molar-refractivity contribution < 1.29 is 4.57 Å². The molecule has 0 aliphatic heterocycles. The van der Waals surface area contributed by atoms with Crippen LogP contribution < -0.4 is 10.1 Å². The molecule has 1 aromatic heterocycles. The molecule has 0 saturated heterocycles. The molecule has 0 fully saturated rings. The summed E-state index contributed by atoms with van der Waals surface area (Å²) in [5.74, 6) is 0. The molecule has 0 aliphatic carbocycles. The molecule has 0 amide bonds. The predicted octanol–water partition coefficient (Wildman–Crippen LogP) is 0.842. The van der Waals surface area contributed by atoms with Crippen LogP contribution in [-0.4, -0.2) is 30.1 Å². The zero-order chi connectivity index (χ0) is 13.1. The van der Waals surface area contributed by atoms with Gasteiger partial charge in [0.05, 0.1) is 6.20 Å². The molecule has 0 saturated carbocycles. The van der Waals surface area contributed by atoms with Gasteiger partial charge in [0.2, 0.25) is 6.20 Å². The summed E-state index contributed by atoms with van der Waals surface area (Å²) in [6.07, 6.45) is 6.52. The van der Waals surface area contributed by atoms with Crippen molar-refractivity contribution in [3.63, 3.8) is 0 Å². The standard InChI is InChI=1S/C13H24N3O/c1-13(2,3)16-10-9-15(12(17)11-16)8-6-7-14(4)5/h9-11H,6-8H2,1-5H3/q+1. The maximum Gasteiger partial charge on any atom is 0.314 e.